The predicted molar refractivity (Wildman–Crippen MR) is 207 cm³/mol. The molecule has 6 aromatic carbocycles. The zero-order chi connectivity index (χ0) is 33.7. The third kappa shape index (κ3) is 6.30. The van der Waals surface area contributed by atoms with Crippen LogP contribution in [0.5, 0.6) is 0 Å². The molecule has 2 heterocycles. The molecule has 0 amide bonds. The molecular formula is C46H33N3O. The van der Waals surface area contributed by atoms with Crippen LogP contribution < -0.4 is 0 Å². The van der Waals surface area contributed by atoms with Gasteiger partial charge < -0.3 is 4.42 Å². The molecule has 0 aliphatic heterocycles. The summed E-state index contributed by atoms with van der Waals surface area (Å²) in [5, 5.41) is 1.99. The van der Waals surface area contributed by atoms with Crippen molar-refractivity contribution >= 4 is 33.6 Å². The number of rotatable bonds is 8. The highest BCUT2D eigenvalue weighted by molar-refractivity contribution is 6.12. The number of hydrogen-bond acceptors (Lipinski definition) is 4. The fourth-order valence-corrected chi connectivity index (χ4v) is 6.24. The zero-order valence-corrected chi connectivity index (χ0v) is 27.6. The molecule has 0 saturated heterocycles. The first-order valence-electron chi connectivity index (χ1n) is 16.7. The summed E-state index contributed by atoms with van der Waals surface area (Å²) in [5.74, 6) is 1.84. The average Bonchev–Trinajstić information content (AvgIpc) is 3.57. The maximum atomic E-state index is 6.44. The average molecular weight is 644 g/mol. The summed E-state index contributed by atoms with van der Waals surface area (Å²) in [4.78, 5) is 15.0. The van der Waals surface area contributed by atoms with Gasteiger partial charge in [-0.1, -0.05) is 164 Å². The Balaban J connectivity index is 1.20. The number of aromatic nitrogens is 3. The number of nitrogens with zero attached hydrogens (tertiary/aromatic N) is 3. The molecule has 2 aromatic heterocycles. The van der Waals surface area contributed by atoms with E-state index in [1.54, 1.807) is 0 Å². The van der Waals surface area contributed by atoms with Gasteiger partial charge in [0.25, 0.3) is 0 Å². The van der Waals surface area contributed by atoms with Crippen molar-refractivity contribution in [2.45, 2.75) is 6.92 Å². The van der Waals surface area contributed by atoms with Crippen LogP contribution in [0.25, 0.3) is 78.9 Å². The summed E-state index contributed by atoms with van der Waals surface area (Å²) < 4.78 is 6.44. The lowest BCUT2D eigenvalue weighted by atomic mass is 10.0. The van der Waals surface area contributed by atoms with Crippen LogP contribution in [0.2, 0.25) is 0 Å². The second-order valence-electron chi connectivity index (χ2n) is 12.0. The summed E-state index contributed by atoms with van der Waals surface area (Å²) in [6.45, 7) is 2.04. The van der Waals surface area contributed by atoms with E-state index in [9.17, 15) is 0 Å². The number of fused-ring (bicyclic) bond motifs is 3. The topological polar surface area (TPSA) is 51.8 Å². The van der Waals surface area contributed by atoms with Gasteiger partial charge in [-0.2, -0.15) is 0 Å². The van der Waals surface area contributed by atoms with Gasteiger partial charge in [-0.15, -0.1) is 0 Å². The Morgan fingerprint density at radius 2 is 1.14 bits per heavy atom. The summed E-state index contributed by atoms with van der Waals surface area (Å²) in [5.41, 5.74) is 10.0. The Morgan fingerprint density at radius 1 is 0.540 bits per heavy atom. The lowest BCUT2D eigenvalue weighted by Crippen LogP contribution is -2.00. The van der Waals surface area contributed by atoms with Gasteiger partial charge in [-0.25, -0.2) is 15.0 Å². The molecule has 0 saturated carbocycles. The first-order valence-corrected chi connectivity index (χ1v) is 16.7. The van der Waals surface area contributed by atoms with Crippen molar-refractivity contribution in [1.29, 1.82) is 0 Å². The van der Waals surface area contributed by atoms with Crippen molar-refractivity contribution in [2.24, 2.45) is 0 Å². The van der Waals surface area contributed by atoms with E-state index in [4.69, 9.17) is 19.4 Å². The van der Waals surface area contributed by atoms with E-state index >= 15 is 0 Å². The van der Waals surface area contributed by atoms with Crippen LogP contribution in [-0.2, 0) is 0 Å². The lowest BCUT2D eigenvalue weighted by Gasteiger charge is -2.10. The van der Waals surface area contributed by atoms with E-state index in [0.717, 1.165) is 55.3 Å². The SMILES string of the molecule is C\C=C/C(=C\C=C\c1ccc2c(c1)oc1cccc(-c3nc(-c4ccccc4)nc(-c4ccc(-c5ccccc5)cc4)n3)c12)c1ccccc1. The van der Waals surface area contributed by atoms with Crippen LogP contribution in [0.15, 0.2) is 180 Å². The fraction of sp³-hybridized carbons (Fsp3) is 0.0217. The van der Waals surface area contributed by atoms with Gasteiger partial charge in [-0.05, 0) is 52.9 Å². The standard InChI is InChI=1S/C46H33N3O/c1-2-14-33(34-16-6-3-7-17-34)22-12-15-32-25-30-39-42(31-32)50-41-24-13-23-40(43(39)41)46-48-44(37-20-10-5-11-21-37)47-45(49-46)38-28-26-36(27-29-38)35-18-8-4-9-19-35/h2-31H,1H3/b14-2-,15-12+,33-22+. The van der Waals surface area contributed by atoms with Crippen LogP contribution >= 0.6 is 0 Å². The molecule has 0 radical (unpaired) electrons. The molecule has 0 fully saturated rings. The van der Waals surface area contributed by atoms with E-state index in [-0.39, 0.29) is 0 Å². The molecule has 0 unspecified atom stereocenters. The Bertz CT molecular complexity index is 2510. The van der Waals surface area contributed by atoms with Gasteiger partial charge >= 0.3 is 0 Å². The van der Waals surface area contributed by atoms with E-state index < -0.39 is 0 Å². The first kappa shape index (κ1) is 30.7. The monoisotopic (exact) mass is 643 g/mol. The van der Waals surface area contributed by atoms with Crippen molar-refractivity contribution in [3.8, 4) is 45.3 Å². The number of allylic oxidation sites excluding steroid dienone is 5. The quantitative estimate of drug-likeness (QED) is 0.155. The van der Waals surface area contributed by atoms with Crippen LogP contribution in [0, 0.1) is 0 Å². The minimum Gasteiger partial charge on any atom is -0.456 e. The van der Waals surface area contributed by atoms with Gasteiger partial charge in [0.05, 0.1) is 0 Å². The molecular weight excluding hydrogens is 611 g/mol. The number of furan rings is 1. The lowest BCUT2D eigenvalue weighted by molar-refractivity contribution is 0.669. The van der Waals surface area contributed by atoms with Gasteiger partial charge in [0.2, 0.25) is 0 Å². The molecule has 0 aliphatic carbocycles. The summed E-state index contributed by atoms with van der Waals surface area (Å²) >= 11 is 0. The molecule has 0 bridgehead atoms. The van der Waals surface area contributed by atoms with Crippen LogP contribution in [0.3, 0.4) is 0 Å². The highest BCUT2D eigenvalue weighted by atomic mass is 16.3. The third-order valence-electron chi connectivity index (χ3n) is 8.70. The molecule has 0 N–H and O–H groups in total. The van der Waals surface area contributed by atoms with E-state index in [0.29, 0.717) is 17.5 Å². The number of hydrogen-bond donors (Lipinski definition) is 0. The summed E-state index contributed by atoms with van der Waals surface area (Å²) in [6.07, 6.45) is 10.5. The second-order valence-corrected chi connectivity index (χ2v) is 12.0. The van der Waals surface area contributed by atoms with Gasteiger partial charge in [-0.3, -0.25) is 0 Å². The Hall–Kier alpha value is -6.65. The minimum atomic E-state index is 0.598. The zero-order valence-electron chi connectivity index (χ0n) is 27.6. The van der Waals surface area contributed by atoms with Crippen molar-refractivity contribution in [3.63, 3.8) is 0 Å². The molecule has 4 heteroatoms. The van der Waals surface area contributed by atoms with Crippen molar-refractivity contribution in [3.05, 3.63) is 187 Å². The summed E-state index contributed by atoms with van der Waals surface area (Å²) in [6, 6.07) is 51.6. The Labute approximate surface area is 291 Å². The highest BCUT2D eigenvalue weighted by Crippen LogP contribution is 2.37. The normalized spacial score (nSPS) is 12.1. The second kappa shape index (κ2) is 13.8. The van der Waals surface area contributed by atoms with Crippen LogP contribution in [0.4, 0.5) is 0 Å². The van der Waals surface area contributed by atoms with Crippen molar-refractivity contribution in [2.75, 3.05) is 0 Å². The number of benzene rings is 6. The molecule has 8 aromatic rings. The first-order chi connectivity index (χ1) is 24.7. The maximum Gasteiger partial charge on any atom is 0.164 e. The third-order valence-corrected chi connectivity index (χ3v) is 8.70. The summed E-state index contributed by atoms with van der Waals surface area (Å²) in [7, 11) is 0. The van der Waals surface area contributed by atoms with Crippen molar-refractivity contribution < 1.29 is 4.42 Å². The molecule has 0 aliphatic rings. The largest absolute Gasteiger partial charge is 0.456 e. The van der Waals surface area contributed by atoms with Crippen molar-refractivity contribution in [1.82, 2.24) is 15.0 Å². The maximum absolute atomic E-state index is 6.44. The molecule has 8 rings (SSSR count). The van der Waals surface area contributed by atoms with E-state index in [1.165, 1.54) is 11.1 Å². The van der Waals surface area contributed by atoms with Gasteiger partial charge in [0.1, 0.15) is 11.2 Å². The smallest absolute Gasteiger partial charge is 0.164 e. The molecule has 0 atom stereocenters. The fourth-order valence-electron chi connectivity index (χ4n) is 6.24. The van der Waals surface area contributed by atoms with E-state index in [2.05, 4.69) is 127 Å². The molecule has 0 spiro atoms. The highest BCUT2D eigenvalue weighted by Gasteiger charge is 2.18. The Kier molecular flexibility index (Phi) is 8.49. The molecule has 4 nitrogen and oxygen atoms in total. The van der Waals surface area contributed by atoms with E-state index in [1.807, 2.05) is 61.5 Å². The van der Waals surface area contributed by atoms with Gasteiger partial charge in [0, 0.05) is 27.5 Å². The van der Waals surface area contributed by atoms with Crippen LogP contribution in [-0.4, -0.2) is 15.0 Å². The molecule has 50 heavy (non-hydrogen) atoms. The van der Waals surface area contributed by atoms with Gasteiger partial charge in [0.15, 0.2) is 17.5 Å². The minimum absolute atomic E-state index is 0.598. The molecule has 238 valence electrons. The van der Waals surface area contributed by atoms with Crippen LogP contribution in [0.1, 0.15) is 18.1 Å². The predicted octanol–water partition coefficient (Wildman–Crippen LogP) is 12.1. The Morgan fingerprint density at radius 3 is 1.84 bits per heavy atom.